The van der Waals surface area contributed by atoms with Gasteiger partial charge in [0, 0.05) is 11.6 Å². The fraction of sp³-hybridized carbons (Fsp3) is 0.0556. The van der Waals surface area contributed by atoms with Crippen molar-refractivity contribution in [3.05, 3.63) is 71.0 Å². The van der Waals surface area contributed by atoms with Crippen LogP contribution in [0.15, 0.2) is 54.6 Å². The number of carbonyl (C=O) groups is 1. The highest BCUT2D eigenvalue weighted by atomic mass is 35.5. The Morgan fingerprint density at radius 3 is 2.56 bits per heavy atom. The van der Waals surface area contributed by atoms with Crippen molar-refractivity contribution in [2.24, 2.45) is 0 Å². The molecule has 7 heteroatoms. The van der Waals surface area contributed by atoms with Crippen molar-refractivity contribution in [3.63, 3.8) is 0 Å². The predicted molar refractivity (Wildman–Crippen MR) is 93.4 cm³/mol. The second-order valence-corrected chi connectivity index (χ2v) is 5.50. The number of nitrogens with one attached hydrogen (secondary N) is 1. The average Bonchev–Trinajstić information content (AvgIpc) is 2.63. The molecule has 1 N–H and O–H groups in total. The minimum atomic E-state index is -0.517. The van der Waals surface area contributed by atoms with Crippen molar-refractivity contribution in [3.8, 4) is 17.1 Å². The molecular weight excluding hydrogens is 345 g/mol. The Bertz CT molecular complexity index is 916. The number of anilines is 1. The summed E-state index contributed by atoms with van der Waals surface area (Å²) in [6.07, 6.45) is 0. The quantitative estimate of drug-likeness (QED) is 0.760. The van der Waals surface area contributed by atoms with E-state index in [-0.39, 0.29) is 16.3 Å². The highest BCUT2D eigenvalue weighted by molar-refractivity contribution is 6.34. The first kappa shape index (κ1) is 16.9. The molecule has 3 rings (SSSR count). The Hall–Kier alpha value is -2.99. The fourth-order valence-electron chi connectivity index (χ4n) is 2.19. The number of amides is 1. The lowest BCUT2D eigenvalue weighted by molar-refractivity contribution is 0.102. The molecule has 0 bridgehead atoms. The Morgan fingerprint density at radius 2 is 1.92 bits per heavy atom. The maximum absolute atomic E-state index is 13.6. The van der Waals surface area contributed by atoms with Crippen LogP contribution in [0.25, 0.3) is 11.3 Å². The third kappa shape index (κ3) is 3.75. The van der Waals surface area contributed by atoms with Crippen LogP contribution in [0.1, 0.15) is 10.4 Å². The first-order valence-electron chi connectivity index (χ1n) is 7.32. The lowest BCUT2D eigenvalue weighted by Gasteiger charge is -2.09. The topological polar surface area (TPSA) is 64.1 Å². The van der Waals surface area contributed by atoms with Gasteiger partial charge in [0.25, 0.3) is 5.91 Å². The molecule has 25 heavy (non-hydrogen) atoms. The van der Waals surface area contributed by atoms with E-state index in [0.29, 0.717) is 17.1 Å². The van der Waals surface area contributed by atoms with E-state index in [9.17, 15) is 9.18 Å². The molecule has 0 saturated carbocycles. The van der Waals surface area contributed by atoms with E-state index in [4.69, 9.17) is 16.3 Å². The summed E-state index contributed by atoms with van der Waals surface area (Å²) < 4.78 is 18.6. The molecule has 0 spiro atoms. The van der Waals surface area contributed by atoms with E-state index in [0.717, 1.165) is 0 Å². The van der Waals surface area contributed by atoms with Gasteiger partial charge >= 0.3 is 0 Å². The molecule has 0 aliphatic carbocycles. The van der Waals surface area contributed by atoms with Gasteiger partial charge in [-0.1, -0.05) is 29.8 Å². The van der Waals surface area contributed by atoms with Crippen LogP contribution >= 0.6 is 11.6 Å². The second kappa shape index (κ2) is 7.27. The van der Waals surface area contributed by atoms with Gasteiger partial charge in [-0.25, -0.2) is 4.39 Å². The Kier molecular flexibility index (Phi) is 4.90. The van der Waals surface area contributed by atoms with Gasteiger partial charge < -0.3 is 10.1 Å². The molecule has 0 atom stereocenters. The lowest BCUT2D eigenvalue weighted by Crippen LogP contribution is -2.13. The number of rotatable bonds is 4. The monoisotopic (exact) mass is 357 g/mol. The molecule has 2 aromatic carbocycles. The lowest BCUT2D eigenvalue weighted by atomic mass is 10.1. The average molecular weight is 358 g/mol. The first-order chi connectivity index (χ1) is 12.1. The number of hydrogen-bond acceptors (Lipinski definition) is 4. The standard InChI is InChI=1S/C18H13ClFN3O2/c1-25-17-9-8-15(22-23-17)11-6-7-12(13(19)10-11)18(24)21-16-5-3-2-4-14(16)20/h2-10H,1H3,(H,21,24). The van der Waals surface area contributed by atoms with Crippen LogP contribution in [0, 0.1) is 5.82 Å². The molecule has 0 radical (unpaired) electrons. The number of carbonyl (C=O) groups excluding carboxylic acids is 1. The van der Waals surface area contributed by atoms with Gasteiger partial charge in [0.1, 0.15) is 5.82 Å². The van der Waals surface area contributed by atoms with E-state index in [2.05, 4.69) is 15.5 Å². The summed E-state index contributed by atoms with van der Waals surface area (Å²) in [5, 5.41) is 10.6. The Morgan fingerprint density at radius 1 is 1.12 bits per heavy atom. The molecule has 0 aliphatic rings. The largest absolute Gasteiger partial charge is 0.480 e. The maximum Gasteiger partial charge on any atom is 0.257 e. The summed E-state index contributed by atoms with van der Waals surface area (Å²) in [5.41, 5.74) is 1.61. The molecule has 1 amide bonds. The van der Waals surface area contributed by atoms with Crippen LogP contribution in [0.3, 0.4) is 0 Å². The van der Waals surface area contributed by atoms with Crippen LogP contribution in [-0.2, 0) is 0 Å². The molecule has 1 aromatic heterocycles. The van der Waals surface area contributed by atoms with Crippen LogP contribution in [0.4, 0.5) is 10.1 Å². The van der Waals surface area contributed by atoms with Gasteiger partial charge in [-0.05, 0) is 30.3 Å². The minimum absolute atomic E-state index is 0.0914. The van der Waals surface area contributed by atoms with Gasteiger partial charge in [-0.2, -0.15) is 0 Å². The van der Waals surface area contributed by atoms with Crippen molar-refractivity contribution in [2.45, 2.75) is 0 Å². The van der Waals surface area contributed by atoms with E-state index in [1.54, 1.807) is 42.5 Å². The van der Waals surface area contributed by atoms with Crippen molar-refractivity contribution in [1.29, 1.82) is 0 Å². The van der Waals surface area contributed by atoms with Gasteiger partial charge in [0.2, 0.25) is 5.88 Å². The second-order valence-electron chi connectivity index (χ2n) is 5.09. The van der Waals surface area contributed by atoms with Crippen LogP contribution in [0.2, 0.25) is 5.02 Å². The summed E-state index contributed by atoms with van der Waals surface area (Å²) in [6.45, 7) is 0. The third-order valence-corrected chi connectivity index (χ3v) is 3.79. The summed E-state index contributed by atoms with van der Waals surface area (Å²) in [4.78, 5) is 12.3. The van der Waals surface area contributed by atoms with E-state index < -0.39 is 11.7 Å². The Labute approximate surface area is 148 Å². The van der Waals surface area contributed by atoms with Crippen molar-refractivity contribution >= 4 is 23.2 Å². The summed E-state index contributed by atoms with van der Waals surface area (Å²) in [5.74, 6) is -0.615. The fourth-order valence-corrected chi connectivity index (χ4v) is 2.46. The van der Waals surface area contributed by atoms with E-state index in [1.165, 1.54) is 19.2 Å². The zero-order valence-corrected chi connectivity index (χ0v) is 13.9. The SMILES string of the molecule is COc1ccc(-c2ccc(C(=O)Nc3ccccc3F)c(Cl)c2)nn1. The number of ether oxygens (including phenoxy) is 1. The molecule has 0 fully saturated rings. The van der Waals surface area contributed by atoms with Crippen LogP contribution in [0.5, 0.6) is 5.88 Å². The summed E-state index contributed by atoms with van der Waals surface area (Å²) in [7, 11) is 1.50. The minimum Gasteiger partial charge on any atom is -0.480 e. The summed E-state index contributed by atoms with van der Waals surface area (Å²) >= 11 is 6.21. The number of methoxy groups -OCH3 is 1. The third-order valence-electron chi connectivity index (χ3n) is 3.48. The molecule has 0 unspecified atom stereocenters. The zero-order chi connectivity index (χ0) is 17.8. The zero-order valence-electron chi connectivity index (χ0n) is 13.2. The van der Waals surface area contributed by atoms with E-state index in [1.807, 2.05) is 0 Å². The summed E-state index contributed by atoms with van der Waals surface area (Å²) in [6, 6.07) is 14.2. The molecular formula is C18H13ClFN3O2. The molecule has 3 aromatic rings. The van der Waals surface area contributed by atoms with Gasteiger partial charge in [-0.15, -0.1) is 10.2 Å². The Balaban J connectivity index is 1.84. The van der Waals surface area contributed by atoms with Crippen LogP contribution in [-0.4, -0.2) is 23.2 Å². The number of halogens is 2. The van der Waals surface area contributed by atoms with E-state index >= 15 is 0 Å². The predicted octanol–water partition coefficient (Wildman–Crippen LogP) is 4.20. The highest BCUT2D eigenvalue weighted by Crippen LogP contribution is 2.26. The number of nitrogens with zero attached hydrogens (tertiary/aromatic N) is 2. The van der Waals surface area contributed by atoms with Gasteiger partial charge in [-0.3, -0.25) is 4.79 Å². The highest BCUT2D eigenvalue weighted by Gasteiger charge is 2.14. The number of hydrogen-bond donors (Lipinski definition) is 1. The molecule has 0 saturated heterocycles. The maximum atomic E-state index is 13.6. The normalized spacial score (nSPS) is 10.4. The van der Waals surface area contributed by atoms with Crippen molar-refractivity contribution in [1.82, 2.24) is 10.2 Å². The number of aromatic nitrogens is 2. The van der Waals surface area contributed by atoms with Gasteiger partial charge in [0.15, 0.2) is 0 Å². The smallest absolute Gasteiger partial charge is 0.257 e. The molecule has 126 valence electrons. The van der Waals surface area contributed by atoms with Crippen LogP contribution < -0.4 is 10.1 Å². The number of para-hydroxylation sites is 1. The van der Waals surface area contributed by atoms with Crippen molar-refractivity contribution in [2.75, 3.05) is 12.4 Å². The van der Waals surface area contributed by atoms with Crippen molar-refractivity contribution < 1.29 is 13.9 Å². The van der Waals surface area contributed by atoms with Gasteiger partial charge in [0.05, 0.1) is 29.1 Å². The molecule has 1 heterocycles. The number of benzene rings is 2. The molecule has 5 nitrogen and oxygen atoms in total. The molecule has 0 aliphatic heterocycles. The first-order valence-corrected chi connectivity index (χ1v) is 7.70.